The van der Waals surface area contributed by atoms with Gasteiger partial charge in [-0.1, -0.05) is 22.9 Å². The molecule has 0 fully saturated rings. The minimum absolute atomic E-state index is 0.317. The molecule has 0 spiro atoms. The monoisotopic (exact) mass is 411 g/mol. The zero-order chi connectivity index (χ0) is 19.8. The van der Waals surface area contributed by atoms with Gasteiger partial charge in [-0.25, -0.2) is 9.78 Å². The van der Waals surface area contributed by atoms with Crippen LogP contribution in [-0.2, 0) is 4.74 Å². The normalized spacial score (nSPS) is 10.9. The third kappa shape index (κ3) is 5.58. The number of rotatable bonds is 9. The standard InChI is InChI=1S/C18H22ClN3O4S/c1-5-24-14-9-12(8-13(19)15(14)25-6-2)10-20-22-18-21-11(4)16(27-18)17(23)26-7-3/h8-10H,5-7H2,1-4H3,(H,21,22)/b20-10-. The molecule has 0 aliphatic rings. The van der Waals surface area contributed by atoms with E-state index in [0.717, 1.165) is 5.56 Å². The van der Waals surface area contributed by atoms with E-state index in [0.29, 0.717) is 52.0 Å². The van der Waals surface area contributed by atoms with Crippen molar-refractivity contribution >= 4 is 40.3 Å². The maximum absolute atomic E-state index is 11.8. The predicted octanol–water partition coefficient (Wildman–Crippen LogP) is 4.53. The molecule has 0 unspecified atom stereocenters. The molecule has 0 aliphatic heterocycles. The molecule has 0 amide bonds. The average molecular weight is 412 g/mol. The molecular formula is C18H22ClN3O4S. The van der Waals surface area contributed by atoms with Gasteiger partial charge in [0.1, 0.15) is 4.88 Å². The van der Waals surface area contributed by atoms with E-state index in [1.54, 1.807) is 32.2 Å². The summed E-state index contributed by atoms with van der Waals surface area (Å²) in [5, 5.41) is 5.09. The number of carbonyl (C=O) groups excluding carboxylic acids is 1. The number of ether oxygens (including phenoxy) is 3. The van der Waals surface area contributed by atoms with Gasteiger partial charge in [0.15, 0.2) is 11.5 Å². The topological polar surface area (TPSA) is 82.0 Å². The second-order valence-corrected chi connectivity index (χ2v) is 6.63. The first-order chi connectivity index (χ1) is 13.0. The van der Waals surface area contributed by atoms with Gasteiger partial charge in [0.25, 0.3) is 0 Å². The number of hydrazone groups is 1. The van der Waals surface area contributed by atoms with Crippen LogP contribution in [0.25, 0.3) is 0 Å². The fourth-order valence-corrected chi connectivity index (χ4v) is 3.29. The number of benzene rings is 1. The van der Waals surface area contributed by atoms with Gasteiger partial charge in [0.05, 0.1) is 36.8 Å². The van der Waals surface area contributed by atoms with Crippen molar-refractivity contribution in [2.45, 2.75) is 27.7 Å². The number of hydrogen-bond donors (Lipinski definition) is 1. The zero-order valence-corrected chi connectivity index (χ0v) is 17.2. The van der Waals surface area contributed by atoms with E-state index < -0.39 is 0 Å². The van der Waals surface area contributed by atoms with Crippen LogP contribution in [0, 0.1) is 6.92 Å². The molecule has 0 saturated heterocycles. The Morgan fingerprint density at radius 2 is 2.00 bits per heavy atom. The van der Waals surface area contributed by atoms with Crippen molar-refractivity contribution in [3.8, 4) is 11.5 Å². The van der Waals surface area contributed by atoms with Gasteiger partial charge in [-0.3, -0.25) is 5.43 Å². The predicted molar refractivity (Wildman–Crippen MR) is 108 cm³/mol. The molecule has 1 N–H and O–H groups in total. The van der Waals surface area contributed by atoms with Gasteiger partial charge in [0, 0.05) is 0 Å². The Morgan fingerprint density at radius 3 is 2.67 bits per heavy atom. The summed E-state index contributed by atoms with van der Waals surface area (Å²) in [6.45, 7) is 8.57. The van der Waals surface area contributed by atoms with Gasteiger partial charge in [-0.2, -0.15) is 5.10 Å². The van der Waals surface area contributed by atoms with Gasteiger partial charge in [-0.15, -0.1) is 0 Å². The van der Waals surface area contributed by atoms with Crippen molar-refractivity contribution in [2.24, 2.45) is 5.10 Å². The Hall–Kier alpha value is -2.32. The second kappa shape index (κ2) is 10.1. The first-order valence-electron chi connectivity index (χ1n) is 8.52. The lowest BCUT2D eigenvalue weighted by Gasteiger charge is -2.13. The minimum Gasteiger partial charge on any atom is -0.490 e. The van der Waals surface area contributed by atoms with E-state index in [-0.39, 0.29) is 5.97 Å². The van der Waals surface area contributed by atoms with Crippen LogP contribution in [0.1, 0.15) is 41.7 Å². The highest BCUT2D eigenvalue weighted by Crippen LogP contribution is 2.36. The number of anilines is 1. The van der Waals surface area contributed by atoms with Crippen molar-refractivity contribution in [2.75, 3.05) is 25.2 Å². The molecular weight excluding hydrogens is 390 g/mol. The van der Waals surface area contributed by atoms with Crippen LogP contribution in [0.2, 0.25) is 5.02 Å². The first-order valence-corrected chi connectivity index (χ1v) is 9.72. The smallest absolute Gasteiger partial charge is 0.350 e. The molecule has 1 aromatic heterocycles. The van der Waals surface area contributed by atoms with Gasteiger partial charge >= 0.3 is 5.97 Å². The quantitative estimate of drug-likeness (QED) is 0.371. The van der Waals surface area contributed by atoms with Gasteiger partial charge in [0.2, 0.25) is 5.13 Å². The number of carbonyl (C=O) groups is 1. The van der Waals surface area contributed by atoms with Crippen molar-refractivity contribution in [1.82, 2.24) is 4.98 Å². The first kappa shape index (κ1) is 21.0. The number of esters is 1. The Kier molecular flexibility index (Phi) is 7.87. The van der Waals surface area contributed by atoms with E-state index in [1.807, 2.05) is 13.8 Å². The van der Waals surface area contributed by atoms with E-state index >= 15 is 0 Å². The minimum atomic E-state index is -0.385. The number of aromatic nitrogens is 1. The fraction of sp³-hybridized carbons (Fsp3) is 0.389. The van der Waals surface area contributed by atoms with Crippen LogP contribution in [0.15, 0.2) is 17.2 Å². The van der Waals surface area contributed by atoms with Crippen molar-refractivity contribution in [3.63, 3.8) is 0 Å². The van der Waals surface area contributed by atoms with Crippen LogP contribution in [-0.4, -0.2) is 37.0 Å². The summed E-state index contributed by atoms with van der Waals surface area (Å²) in [6.07, 6.45) is 1.59. The van der Waals surface area contributed by atoms with E-state index in [9.17, 15) is 4.79 Å². The van der Waals surface area contributed by atoms with Crippen LogP contribution < -0.4 is 14.9 Å². The van der Waals surface area contributed by atoms with Crippen LogP contribution in [0.5, 0.6) is 11.5 Å². The molecule has 0 atom stereocenters. The van der Waals surface area contributed by atoms with E-state index in [1.165, 1.54) is 11.3 Å². The lowest BCUT2D eigenvalue weighted by molar-refractivity contribution is 0.0531. The van der Waals surface area contributed by atoms with Crippen molar-refractivity contribution < 1.29 is 19.0 Å². The second-order valence-electron chi connectivity index (χ2n) is 5.22. The molecule has 27 heavy (non-hydrogen) atoms. The van der Waals surface area contributed by atoms with E-state index in [4.69, 9.17) is 25.8 Å². The maximum atomic E-state index is 11.8. The summed E-state index contributed by atoms with van der Waals surface area (Å²) in [5.74, 6) is 0.688. The molecule has 0 bridgehead atoms. The Morgan fingerprint density at radius 1 is 1.26 bits per heavy atom. The number of halogens is 1. The van der Waals surface area contributed by atoms with Crippen molar-refractivity contribution in [3.05, 3.63) is 33.3 Å². The molecule has 0 saturated carbocycles. The number of thiazole rings is 1. The highest BCUT2D eigenvalue weighted by Gasteiger charge is 2.16. The van der Waals surface area contributed by atoms with Crippen LogP contribution in [0.4, 0.5) is 5.13 Å². The number of hydrogen-bond acceptors (Lipinski definition) is 8. The molecule has 9 heteroatoms. The SMILES string of the molecule is CCOC(=O)c1sc(N/N=C\c2cc(Cl)c(OCC)c(OCC)c2)nc1C. The highest BCUT2D eigenvalue weighted by molar-refractivity contribution is 7.17. The molecule has 2 aromatic rings. The lowest BCUT2D eigenvalue weighted by Crippen LogP contribution is -2.03. The summed E-state index contributed by atoms with van der Waals surface area (Å²) < 4.78 is 16.1. The number of aryl methyl sites for hydroxylation is 1. The average Bonchev–Trinajstić information content (AvgIpc) is 2.99. The third-order valence-corrected chi connectivity index (χ3v) is 4.57. The van der Waals surface area contributed by atoms with Gasteiger partial charge < -0.3 is 14.2 Å². The third-order valence-electron chi connectivity index (χ3n) is 3.25. The number of nitrogens with zero attached hydrogens (tertiary/aromatic N) is 2. The Balaban J connectivity index is 2.14. The Bertz CT molecular complexity index is 823. The summed E-state index contributed by atoms with van der Waals surface area (Å²) >= 11 is 7.47. The van der Waals surface area contributed by atoms with Crippen molar-refractivity contribution in [1.29, 1.82) is 0 Å². The molecule has 7 nitrogen and oxygen atoms in total. The summed E-state index contributed by atoms with van der Waals surface area (Å²) in [6, 6.07) is 3.53. The molecule has 1 heterocycles. The summed E-state index contributed by atoms with van der Waals surface area (Å²) in [7, 11) is 0. The zero-order valence-electron chi connectivity index (χ0n) is 15.7. The maximum Gasteiger partial charge on any atom is 0.350 e. The molecule has 2 rings (SSSR count). The van der Waals surface area contributed by atoms with Crippen LogP contribution in [0.3, 0.4) is 0 Å². The van der Waals surface area contributed by atoms with E-state index in [2.05, 4.69) is 15.5 Å². The van der Waals surface area contributed by atoms with Crippen LogP contribution >= 0.6 is 22.9 Å². The summed E-state index contributed by atoms with van der Waals surface area (Å²) in [5.41, 5.74) is 4.15. The fourth-order valence-electron chi connectivity index (χ4n) is 2.20. The molecule has 1 aromatic carbocycles. The van der Waals surface area contributed by atoms with Gasteiger partial charge in [-0.05, 0) is 45.4 Å². The molecule has 146 valence electrons. The highest BCUT2D eigenvalue weighted by atomic mass is 35.5. The molecule has 0 aliphatic carbocycles. The Labute approximate surface area is 167 Å². The largest absolute Gasteiger partial charge is 0.490 e. The lowest BCUT2D eigenvalue weighted by atomic mass is 10.2. The summed E-state index contributed by atoms with van der Waals surface area (Å²) in [4.78, 5) is 16.6. The number of nitrogens with one attached hydrogen (secondary N) is 1. The molecule has 0 radical (unpaired) electrons.